The third kappa shape index (κ3) is 2.45. The minimum atomic E-state index is -0.529. The smallest absolute Gasteiger partial charge is 0.188 e. The molecule has 1 fully saturated rings. The van der Waals surface area contributed by atoms with Gasteiger partial charge in [0.05, 0.1) is 6.04 Å². The molecule has 4 rings (SSSR count). The predicted molar refractivity (Wildman–Crippen MR) is 102 cm³/mol. The Morgan fingerprint density at radius 1 is 1.33 bits per heavy atom. The summed E-state index contributed by atoms with van der Waals surface area (Å²) in [6, 6.07) is 14.3. The highest BCUT2D eigenvalue weighted by Crippen LogP contribution is 2.46. The second-order valence-electron chi connectivity index (χ2n) is 6.52. The quantitative estimate of drug-likeness (QED) is 0.776. The van der Waals surface area contributed by atoms with E-state index >= 15 is 0 Å². The molecule has 2 aliphatic rings. The van der Waals surface area contributed by atoms with Gasteiger partial charge in [0.1, 0.15) is 5.75 Å². The monoisotopic (exact) mass is 358 g/mol. The molecule has 0 spiro atoms. The fourth-order valence-electron chi connectivity index (χ4n) is 3.65. The molecule has 124 valence electrons. The first-order valence-corrected chi connectivity index (χ1v) is 8.97. The summed E-state index contributed by atoms with van der Waals surface area (Å²) < 4.78 is 6.42. The maximum atomic E-state index is 6.42. The third-order valence-corrected chi connectivity index (χ3v) is 5.35. The zero-order chi connectivity index (χ0) is 16.9. The van der Waals surface area contributed by atoms with Crippen LogP contribution in [0.1, 0.15) is 37.4 Å². The van der Waals surface area contributed by atoms with E-state index in [2.05, 4.69) is 37.4 Å². The Kier molecular flexibility index (Phi) is 3.70. The maximum Gasteiger partial charge on any atom is 0.188 e. The second kappa shape index (κ2) is 5.64. The zero-order valence-corrected chi connectivity index (χ0v) is 15.2. The molecule has 0 aliphatic carbocycles. The molecule has 0 amide bonds. The summed E-state index contributed by atoms with van der Waals surface area (Å²) in [4.78, 5) is 2.03. The molecule has 1 N–H and O–H groups in total. The number of hydrogen-bond donors (Lipinski definition) is 1. The number of halogens is 1. The van der Waals surface area contributed by atoms with Gasteiger partial charge in [-0.1, -0.05) is 36.7 Å². The first-order chi connectivity index (χ1) is 11.5. The molecule has 2 unspecified atom stereocenters. The third-order valence-electron chi connectivity index (χ3n) is 4.81. The van der Waals surface area contributed by atoms with Crippen molar-refractivity contribution in [1.82, 2.24) is 5.32 Å². The number of nitrogens with one attached hydrogen (secondary N) is 1. The highest BCUT2D eigenvalue weighted by atomic mass is 35.5. The topological polar surface area (TPSA) is 24.5 Å². The largest absolute Gasteiger partial charge is 0.467 e. The fraction of sp³-hybridized carbons (Fsp3) is 0.316. The molecule has 2 aromatic rings. The van der Waals surface area contributed by atoms with Gasteiger partial charge in [0.2, 0.25) is 0 Å². The summed E-state index contributed by atoms with van der Waals surface area (Å²) in [5.41, 5.74) is 2.92. The van der Waals surface area contributed by atoms with Crippen molar-refractivity contribution in [3.8, 4) is 5.75 Å². The molecule has 2 aliphatic heterocycles. The molecule has 0 saturated carbocycles. The van der Waals surface area contributed by atoms with Gasteiger partial charge in [0, 0.05) is 22.7 Å². The van der Waals surface area contributed by atoms with E-state index in [1.54, 1.807) is 0 Å². The van der Waals surface area contributed by atoms with E-state index < -0.39 is 5.72 Å². The molecule has 2 bridgehead atoms. The van der Waals surface area contributed by atoms with Crippen LogP contribution >= 0.6 is 23.8 Å². The molecule has 5 heteroatoms. The van der Waals surface area contributed by atoms with E-state index in [1.165, 1.54) is 11.1 Å². The van der Waals surface area contributed by atoms with E-state index in [0.717, 1.165) is 24.3 Å². The number of aryl methyl sites for hydroxylation is 1. The van der Waals surface area contributed by atoms with Crippen LogP contribution in [0, 0.1) is 0 Å². The molecule has 0 aromatic heterocycles. The van der Waals surface area contributed by atoms with E-state index in [1.807, 2.05) is 29.2 Å². The minimum absolute atomic E-state index is 0.174. The molecule has 2 heterocycles. The predicted octanol–water partition coefficient (Wildman–Crippen LogP) is 4.84. The lowest BCUT2D eigenvalue weighted by molar-refractivity contribution is 0.0497. The summed E-state index contributed by atoms with van der Waals surface area (Å²) in [5.74, 6) is 0.924. The maximum absolute atomic E-state index is 6.42. The second-order valence-corrected chi connectivity index (χ2v) is 7.35. The van der Waals surface area contributed by atoms with Gasteiger partial charge >= 0.3 is 0 Å². The van der Waals surface area contributed by atoms with Gasteiger partial charge < -0.3 is 10.1 Å². The average molecular weight is 359 g/mol. The lowest BCUT2D eigenvalue weighted by atomic mass is 9.89. The standard InChI is InChI=1S/C19H19ClN2OS/c1-3-12-7-8-17-15(9-12)16-11-19(2,23-17)22(18(24)21-16)14-6-4-5-13(20)10-14/h4-10,16H,3,11H2,1-2H3,(H,21,24). The Hall–Kier alpha value is -1.78. The van der Waals surface area contributed by atoms with Gasteiger partial charge in [-0.25, -0.2) is 0 Å². The van der Waals surface area contributed by atoms with Crippen LogP contribution in [0.4, 0.5) is 5.69 Å². The van der Waals surface area contributed by atoms with Crippen LogP contribution in [0.15, 0.2) is 42.5 Å². The Bertz CT molecular complexity index is 825. The van der Waals surface area contributed by atoms with Gasteiger partial charge in [-0.05, 0) is 55.4 Å². The summed E-state index contributed by atoms with van der Waals surface area (Å²) in [6.45, 7) is 4.25. The van der Waals surface area contributed by atoms with Crippen LogP contribution in [0.5, 0.6) is 5.75 Å². The molecular weight excluding hydrogens is 340 g/mol. The summed E-state index contributed by atoms with van der Waals surface area (Å²) in [6.07, 6.45) is 1.83. The van der Waals surface area contributed by atoms with Crippen molar-refractivity contribution in [2.24, 2.45) is 0 Å². The van der Waals surface area contributed by atoms with Crippen LogP contribution in [0.2, 0.25) is 5.02 Å². The highest BCUT2D eigenvalue weighted by molar-refractivity contribution is 7.80. The number of thiocarbonyl (C=S) groups is 1. The Balaban J connectivity index is 1.78. The first-order valence-electron chi connectivity index (χ1n) is 8.18. The fourth-order valence-corrected chi connectivity index (χ4v) is 4.28. The summed E-state index contributed by atoms with van der Waals surface area (Å²) in [5, 5.41) is 4.84. The summed E-state index contributed by atoms with van der Waals surface area (Å²) >= 11 is 11.8. The molecule has 2 atom stereocenters. The van der Waals surface area contributed by atoms with Crippen molar-refractivity contribution in [2.45, 2.75) is 38.5 Å². The number of rotatable bonds is 2. The molecule has 1 saturated heterocycles. The molecule has 0 radical (unpaired) electrons. The van der Waals surface area contributed by atoms with Gasteiger partial charge in [-0.2, -0.15) is 0 Å². The highest BCUT2D eigenvalue weighted by Gasteiger charge is 2.48. The molecule has 2 aromatic carbocycles. The SMILES string of the molecule is CCc1ccc2c(c1)C1CC(C)(O2)N(c2cccc(Cl)c2)C(=S)N1. The molecular formula is C19H19ClN2OS. The van der Waals surface area contributed by atoms with Gasteiger partial charge in [0.15, 0.2) is 10.8 Å². The molecule has 3 nitrogen and oxygen atoms in total. The van der Waals surface area contributed by atoms with Crippen molar-refractivity contribution in [3.63, 3.8) is 0 Å². The average Bonchev–Trinajstić information content (AvgIpc) is 2.54. The van der Waals surface area contributed by atoms with Crippen LogP contribution in [0.3, 0.4) is 0 Å². The number of ether oxygens (including phenoxy) is 1. The van der Waals surface area contributed by atoms with Crippen LogP contribution in [0.25, 0.3) is 0 Å². The van der Waals surface area contributed by atoms with E-state index in [0.29, 0.717) is 10.1 Å². The number of benzene rings is 2. The normalized spacial score (nSPS) is 24.9. The lowest BCUT2D eigenvalue weighted by Gasteiger charge is -2.52. The minimum Gasteiger partial charge on any atom is -0.467 e. The Morgan fingerprint density at radius 2 is 2.17 bits per heavy atom. The van der Waals surface area contributed by atoms with Crippen LogP contribution < -0.4 is 15.0 Å². The van der Waals surface area contributed by atoms with Crippen molar-refractivity contribution in [1.29, 1.82) is 0 Å². The number of nitrogens with zero attached hydrogens (tertiary/aromatic N) is 1. The van der Waals surface area contributed by atoms with Gasteiger partial charge in [-0.15, -0.1) is 0 Å². The van der Waals surface area contributed by atoms with Crippen molar-refractivity contribution in [2.75, 3.05) is 4.90 Å². The molecule has 24 heavy (non-hydrogen) atoms. The van der Waals surface area contributed by atoms with Crippen molar-refractivity contribution >= 4 is 34.6 Å². The van der Waals surface area contributed by atoms with Gasteiger partial charge in [0.25, 0.3) is 0 Å². The Labute approximate surface area is 152 Å². The van der Waals surface area contributed by atoms with Crippen LogP contribution in [-0.4, -0.2) is 10.8 Å². The van der Waals surface area contributed by atoms with E-state index in [9.17, 15) is 0 Å². The Morgan fingerprint density at radius 3 is 2.92 bits per heavy atom. The summed E-state index contributed by atoms with van der Waals surface area (Å²) in [7, 11) is 0. The van der Waals surface area contributed by atoms with Crippen LogP contribution in [-0.2, 0) is 6.42 Å². The number of fused-ring (bicyclic) bond motifs is 4. The number of hydrogen-bond acceptors (Lipinski definition) is 2. The van der Waals surface area contributed by atoms with Crippen molar-refractivity contribution < 1.29 is 4.74 Å². The zero-order valence-electron chi connectivity index (χ0n) is 13.7. The van der Waals surface area contributed by atoms with Gasteiger partial charge in [-0.3, -0.25) is 4.90 Å². The van der Waals surface area contributed by atoms with E-state index in [-0.39, 0.29) is 6.04 Å². The van der Waals surface area contributed by atoms with Crippen molar-refractivity contribution in [3.05, 3.63) is 58.6 Å². The number of anilines is 1. The first kappa shape index (κ1) is 15.7. The van der Waals surface area contributed by atoms with E-state index in [4.69, 9.17) is 28.6 Å². The lowest BCUT2D eigenvalue weighted by Crippen LogP contribution is -2.65.